The molecular weight excluding hydrogens is 258 g/mol. The van der Waals surface area contributed by atoms with E-state index in [1.54, 1.807) is 18.8 Å². The van der Waals surface area contributed by atoms with Gasteiger partial charge in [0, 0.05) is 24.4 Å². The molecule has 0 aliphatic rings. The Morgan fingerprint density at radius 3 is 2.39 bits per heavy atom. The lowest BCUT2D eigenvalue weighted by molar-refractivity contribution is 0.0756. The quantitative estimate of drug-likeness (QED) is 0.857. The molecular formula is C12H16F2N2OS. The molecule has 1 atom stereocenters. The van der Waals surface area contributed by atoms with Crippen LogP contribution in [0.5, 0.6) is 0 Å². The van der Waals surface area contributed by atoms with Crippen LogP contribution in [0.15, 0.2) is 12.1 Å². The van der Waals surface area contributed by atoms with Gasteiger partial charge < -0.3 is 10.6 Å². The van der Waals surface area contributed by atoms with E-state index in [4.69, 9.17) is 5.73 Å². The summed E-state index contributed by atoms with van der Waals surface area (Å²) in [5.74, 6) is -1.50. The van der Waals surface area contributed by atoms with Gasteiger partial charge in [-0.15, -0.1) is 0 Å². The van der Waals surface area contributed by atoms with Gasteiger partial charge in [-0.3, -0.25) is 4.79 Å². The molecule has 0 saturated heterocycles. The molecule has 1 rings (SSSR count). The summed E-state index contributed by atoms with van der Waals surface area (Å²) < 4.78 is 26.5. The maximum atomic E-state index is 13.3. The van der Waals surface area contributed by atoms with Crippen LogP contribution in [0.2, 0.25) is 0 Å². The number of thioether (sulfide) groups is 1. The summed E-state index contributed by atoms with van der Waals surface area (Å²) in [5, 5.41) is 0. The number of halogens is 2. The van der Waals surface area contributed by atoms with Crippen LogP contribution in [0.1, 0.15) is 17.3 Å². The first kappa shape index (κ1) is 14.8. The molecule has 1 unspecified atom stereocenters. The molecule has 0 spiro atoms. The summed E-state index contributed by atoms with van der Waals surface area (Å²) in [5.41, 5.74) is 4.56. The Morgan fingerprint density at radius 1 is 1.44 bits per heavy atom. The number of benzene rings is 1. The number of hydrogen-bond acceptors (Lipinski definition) is 3. The second-order valence-corrected chi connectivity index (χ2v) is 4.98. The summed E-state index contributed by atoms with van der Waals surface area (Å²) in [6, 6.07) is 1.91. The Morgan fingerprint density at radius 2 is 1.94 bits per heavy atom. The Hall–Kier alpha value is -1.30. The Balaban J connectivity index is 2.97. The van der Waals surface area contributed by atoms with E-state index in [0.29, 0.717) is 0 Å². The fourth-order valence-corrected chi connectivity index (χ4v) is 2.17. The third-order valence-corrected chi connectivity index (χ3v) is 3.53. The first-order valence-electron chi connectivity index (χ1n) is 5.39. The molecule has 0 bridgehead atoms. The first-order chi connectivity index (χ1) is 8.38. The highest BCUT2D eigenvalue weighted by molar-refractivity contribution is 7.98. The SMILES string of the molecule is CSCC(C)N(C)C(=O)c1cc(F)c(N)c(F)c1. The van der Waals surface area contributed by atoms with E-state index >= 15 is 0 Å². The molecule has 0 aliphatic heterocycles. The molecule has 1 amide bonds. The summed E-state index contributed by atoms with van der Waals surface area (Å²) in [6.07, 6.45) is 1.93. The van der Waals surface area contributed by atoms with Gasteiger partial charge >= 0.3 is 0 Å². The van der Waals surface area contributed by atoms with Gasteiger partial charge in [0.05, 0.1) is 0 Å². The van der Waals surface area contributed by atoms with Crippen LogP contribution in [-0.2, 0) is 0 Å². The number of nitrogens with two attached hydrogens (primary N) is 1. The number of carbonyl (C=O) groups is 1. The molecule has 0 aliphatic carbocycles. The van der Waals surface area contributed by atoms with Crippen molar-refractivity contribution in [2.75, 3.05) is 24.8 Å². The topological polar surface area (TPSA) is 46.3 Å². The standard InChI is InChI=1S/C12H16F2N2OS/c1-7(6-18-3)16(2)12(17)8-4-9(13)11(15)10(14)5-8/h4-5,7H,6,15H2,1-3H3. The van der Waals surface area contributed by atoms with E-state index in [9.17, 15) is 13.6 Å². The van der Waals surface area contributed by atoms with Crippen molar-refractivity contribution in [3.8, 4) is 0 Å². The van der Waals surface area contributed by atoms with Crippen molar-refractivity contribution in [1.82, 2.24) is 4.90 Å². The number of anilines is 1. The van der Waals surface area contributed by atoms with Gasteiger partial charge in [-0.2, -0.15) is 11.8 Å². The molecule has 3 nitrogen and oxygen atoms in total. The van der Waals surface area contributed by atoms with Crippen molar-refractivity contribution in [3.63, 3.8) is 0 Å². The molecule has 0 fully saturated rings. The average molecular weight is 274 g/mol. The minimum absolute atomic E-state index is 0.0174. The van der Waals surface area contributed by atoms with Gasteiger partial charge in [0.15, 0.2) is 0 Å². The lowest BCUT2D eigenvalue weighted by Gasteiger charge is -2.24. The molecule has 18 heavy (non-hydrogen) atoms. The molecule has 100 valence electrons. The van der Waals surface area contributed by atoms with Crippen molar-refractivity contribution < 1.29 is 13.6 Å². The zero-order chi connectivity index (χ0) is 13.9. The zero-order valence-electron chi connectivity index (χ0n) is 10.5. The number of nitrogen functional groups attached to an aromatic ring is 1. The van der Waals surface area contributed by atoms with Gasteiger partial charge in [0.1, 0.15) is 17.3 Å². The third kappa shape index (κ3) is 3.13. The molecule has 2 N–H and O–H groups in total. The molecule has 0 heterocycles. The molecule has 6 heteroatoms. The van der Waals surface area contributed by atoms with E-state index in [0.717, 1.165) is 17.9 Å². The minimum Gasteiger partial charge on any atom is -0.394 e. The molecule has 0 aromatic heterocycles. The lowest BCUT2D eigenvalue weighted by Crippen LogP contribution is -2.36. The summed E-state index contributed by atoms with van der Waals surface area (Å²) in [4.78, 5) is 13.5. The normalized spacial score (nSPS) is 12.3. The van der Waals surface area contributed by atoms with E-state index in [-0.39, 0.29) is 11.6 Å². The number of nitrogens with zero attached hydrogens (tertiary/aromatic N) is 1. The Bertz CT molecular complexity index is 431. The largest absolute Gasteiger partial charge is 0.394 e. The Kier molecular flexibility index (Phi) is 4.95. The smallest absolute Gasteiger partial charge is 0.254 e. The van der Waals surface area contributed by atoms with E-state index in [1.807, 2.05) is 13.2 Å². The van der Waals surface area contributed by atoms with Crippen LogP contribution >= 0.6 is 11.8 Å². The van der Waals surface area contributed by atoms with Crippen LogP contribution in [0.4, 0.5) is 14.5 Å². The second kappa shape index (κ2) is 6.04. The van der Waals surface area contributed by atoms with Crippen LogP contribution in [0, 0.1) is 11.6 Å². The molecule has 0 radical (unpaired) electrons. The van der Waals surface area contributed by atoms with Crippen molar-refractivity contribution >= 4 is 23.4 Å². The highest BCUT2D eigenvalue weighted by Crippen LogP contribution is 2.19. The first-order valence-corrected chi connectivity index (χ1v) is 6.78. The van der Waals surface area contributed by atoms with Gasteiger partial charge in [-0.1, -0.05) is 0 Å². The fourth-order valence-electron chi connectivity index (χ4n) is 1.46. The van der Waals surface area contributed by atoms with Crippen LogP contribution < -0.4 is 5.73 Å². The van der Waals surface area contributed by atoms with E-state index in [2.05, 4.69) is 0 Å². The predicted molar refractivity (Wildman–Crippen MR) is 70.7 cm³/mol. The van der Waals surface area contributed by atoms with Crippen molar-refractivity contribution in [2.24, 2.45) is 0 Å². The van der Waals surface area contributed by atoms with E-state index < -0.39 is 23.2 Å². The van der Waals surface area contributed by atoms with Crippen molar-refractivity contribution in [2.45, 2.75) is 13.0 Å². The van der Waals surface area contributed by atoms with Gasteiger partial charge in [-0.05, 0) is 25.3 Å². The fraction of sp³-hybridized carbons (Fsp3) is 0.417. The average Bonchev–Trinajstić information content (AvgIpc) is 2.33. The molecule has 0 saturated carbocycles. The predicted octanol–water partition coefficient (Wildman–Crippen LogP) is 2.37. The second-order valence-electron chi connectivity index (χ2n) is 4.07. The number of amides is 1. The summed E-state index contributed by atoms with van der Waals surface area (Å²) >= 11 is 1.60. The van der Waals surface area contributed by atoms with Crippen LogP contribution in [0.25, 0.3) is 0 Å². The summed E-state index contributed by atoms with van der Waals surface area (Å²) in [6.45, 7) is 1.87. The minimum atomic E-state index is -0.913. The van der Waals surface area contributed by atoms with Gasteiger partial charge in [0.25, 0.3) is 5.91 Å². The zero-order valence-corrected chi connectivity index (χ0v) is 11.4. The van der Waals surface area contributed by atoms with E-state index in [1.165, 1.54) is 4.90 Å². The number of hydrogen-bond donors (Lipinski definition) is 1. The Labute approximate surface area is 109 Å². The van der Waals surface area contributed by atoms with Gasteiger partial charge in [-0.25, -0.2) is 8.78 Å². The van der Waals surface area contributed by atoms with Crippen LogP contribution in [0.3, 0.4) is 0 Å². The third-order valence-electron chi connectivity index (χ3n) is 2.72. The van der Waals surface area contributed by atoms with Crippen molar-refractivity contribution in [3.05, 3.63) is 29.3 Å². The van der Waals surface area contributed by atoms with Crippen LogP contribution in [-0.4, -0.2) is 35.9 Å². The molecule has 1 aromatic carbocycles. The molecule has 1 aromatic rings. The maximum Gasteiger partial charge on any atom is 0.254 e. The maximum absolute atomic E-state index is 13.3. The van der Waals surface area contributed by atoms with Gasteiger partial charge in [0.2, 0.25) is 0 Å². The monoisotopic (exact) mass is 274 g/mol. The highest BCUT2D eigenvalue weighted by atomic mass is 32.2. The highest BCUT2D eigenvalue weighted by Gasteiger charge is 2.19. The number of carbonyl (C=O) groups excluding carboxylic acids is 1. The summed E-state index contributed by atoms with van der Waals surface area (Å²) in [7, 11) is 1.61. The van der Waals surface area contributed by atoms with Crippen molar-refractivity contribution in [1.29, 1.82) is 0 Å². The lowest BCUT2D eigenvalue weighted by atomic mass is 10.1. The number of rotatable bonds is 4.